The Balaban J connectivity index is 2.04. The van der Waals surface area contributed by atoms with Gasteiger partial charge in [0.1, 0.15) is 5.75 Å². The minimum absolute atomic E-state index is 0.790. The van der Waals surface area contributed by atoms with Crippen LogP contribution in [-0.4, -0.2) is 7.11 Å². The Hall–Kier alpha value is -1.48. The summed E-state index contributed by atoms with van der Waals surface area (Å²) in [5.41, 5.74) is 3.55. The maximum atomic E-state index is 5.21. The third kappa shape index (κ3) is 3.26. The van der Waals surface area contributed by atoms with E-state index in [0.29, 0.717) is 0 Å². The summed E-state index contributed by atoms with van der Waals surface area (Å²) in [7, 11) is 1.69. The number of anilines is 1. The van der Waals surface area contributed by atoms with Crippen molar-refractivity contribution < 1.29 is 4.74 Å². The molecule has 18 heavy (non-hydrogen) atoms. The van der Waals surface area contributed by atoms with Gasteiger partial charge in [-0.3, -0.25) is 0 Å². The Bertz CT molecular complexity index is 540. The molecule has 2 rings (SSSR count). The Kier molecular flexibility index (Phi) is 4.26. The average Bonchev–Trinajstić information content (AvgIpc) is 2.40. The van der Waals surface area contributed by atoms with Gasteiger partial charge in [-0.1, -0.05) is 28.1 Å². The van der Waals surface area contributed by atoms with Crippen molar-refractivity contribution >= 4 is 21.6 Å². The molecule has 0 unspecified atom stereocenters. The average molecular weight is 306 g/mol. The van der Waals surface area contributed by atoms with Gasteiger partial charge in [-0.05, 0) is 48.4 Å². The summed E-state index contributed by atoms with van der Waals surface area (Å²) < 4.78 is 6.34. The molecule has 0 aliphatic carbocycles. The standard InChI is InChI=1S/C15H16BrNO/c1-11-8-13(6-7-15(11)16)17-10-12-4-3-5-14(9-12)18-2/h3-9,17H,10H2,1-2H3. The number of aryl methyl sites for hydroxylation is 1. The molecule has 0 bridgehead atoms. The smallest absolute Gasteiger partial charge is 0.119 e. The van der Waals surface area contributed by atoms with E-state index in [9.17, 15) is 0 Å². The molecule has 0 aromatic heterocycles. The molecule has 0 amide bonds. The molecule has 2 aromatic carbocycles. The third-order valence-electron chi connectivity index (χ3n) is 2.79. The van der Waals surface area contributed by atoms with Crippen LogP contribution in [-0.2, 0) is 6.54 Å². The summed E-state index contributed by atoms with van der Waals surface area (Å²) in [6, 6.07) is 14.3. The highest BCUT2D eigenvalue weighted by molar-refractivity contribution is 9.10. The first-order valence-electron chi connectivity index (χ1n) is 5.82. The van der Waals surface area contributed by atoms with Crippen LogP contribution in [0.4, 0.5) is 5.69 Å². The van der Waals surface area contributed by atoms with E-state index in [1.807, 2.05) is 18.2 Å². The van der Waals surface area contributed by atoms with Crippen LogP contribution in [0.25, 0.3) is 0 Å². The van der Waals surface area contributed by atoms with E-state index < -0.39 is 0 Å². The van der Waals surface area contributed by atoms with Crippen molar-refractivity contribution in [2.75, 3.05) is 12.4 Å². The highest BCUT2D eigenvalue weighted by Gasteiger charge is 1.99. The first kappa shape index (κ1) is 13.0. The van der Waals surface area contributed by atoms with Crippen LogP contribution in [0, 0.1) is 6.92 Å². The number of hydrogen-bond donors (Lipinski definition) is 1. The summed E-state index contributed by atoms with van der Waals surface area (Å²) in [5, 5.41) is 3.40. The zero-order chi connectivity index (χ0) is 13.0. The van der Waals surface area contributed by atoms with Crippen LogP contribution >= 0.6 is 15.9 Å². The zero-order valence-corrected chi connectivity index (χ0v) is 12.1. The van der Waals surface area contributed by atoms with E-state index in [2.05, 4.69) is 52.4 Å². The monoisotopic (exact) mass is 305 g/mol. The number of hydrogen-bond acceptors (Lipinski definition) is 2. The molecule has 0 atom stereocenters. The van der Waals surface area contributed by atoms with E-state index in [4.69, 9.17) is 4.74 Å². The van der Waals surface area contributed by atoms with Crippen molar-refractivity contribution in [2.24, 2.45) is 0 Å². The molecule has 1 N–H and O–H groups in total. The fourth-order valence-electron chi connectivity index (χ4n) is 1.74. The van der Waals surface area contributed by atoms with Gasteiger partial charge in [-0.15, -0.1) is 0 Å². The number of rotatable bonds is 4. The van der Waals surface area contributed by atoms with E-state index in [0.717, 1.165) is 22.5 Å². The van der Waals surface area contributed by atoms with Crippen molar-refractivity contribution in [1.82, 2.24) is 0 Å². The maximum Gasteiger partial charge on any atom is 0.119 e. The van der Waals surface area contributed by atoms with Gasteiger partial charge in [-0.25, -0.2) is 0 Å². The summed E-state index contributed by atoms with van der Waals surface area (Å²) >= 11 is 3.50. The number of ether oxygens (including phenoxy) is 1. The first-order valence-corrected chi connectivity index (χ1v) is 6.61. The van der Waals surface area contributed by atoms with Crippen molar-refractivity contribution in [3.05, 3.63) is 58.1 Å². The van der Waals surface area contributed by atoms with Crippen molar-refractivity contribution in [3.8, 4) is 5.75 Å². The minimum atomic E-state index is 0.790. The lowest BCUT2D eigenvalue weighted by atomic mass is 10.2. The Labute approximate surface area is 116 Å². The largest absolute Gasteiger partial charge is 0.497 e. The van der Waals surface area contributed by atoms with E-state index in [-0.39, 0.29) is 0 Å². The number of nitrogens with one attached hydrogen (secondary N) is 1. The molecule has 3 heteroatoms. The lowest BCUT2D eigenvalue weighted by molar-refractivity contribution is 0.414. The fraction of sp³-hybridized carbons (Fsp3) is 0.200. The summed E-state index contributed by atoms with van der Waals surface area (Å²) in [4.78, 5) is 0. The molecule has 0 aliphatic heterocycles. The predicted molar refractivity (Wildman–Crippen MR) is 79.2 cm³/mol. The number of benzene rings is 2. The molecule has 0 aliphatic rings. The second kappa shape index (κ2) is 5.91. The van der Waals surface area contributed by atoms with Crippen LogP contribution in [0.3, 0.4) is 0 Å². The maximum absolute atomic E-state index is 5.21. The van der Waals surface area contributed by atoms with E-state index >= 15 is 0 Å². The van der Waals surface area contributed by atoms with Gasteiger partial charge in [0.15, 0.2) is 0 Å². The molecule has 94 valence electrons. The van der Waals surface area contributed by atoms with Crippen LogP contribution in [0.2, 0.25) is 0 Å². The summed E-state index contributed by atoms with van der Waals surface area (Å²) in [5.74, 6) is 0.890. The molecule has 2 aromatic rings. The lowest BCUT2D eigenvalue weighted by Crippen LogP contribution is -1.99. The topological polar surface area (TPSA) is 21.3 Å². The highest BCUT2D eigenvalue weighted by atomic mass is 79.9. The second-order valence-corrected chi connectivity index (χ2v) is 5.02. The van der Waals surface area contributed by atoms with Crippen LogP contribution < -0.4 is 10.1 Å². The third-order valence-corrected chi connectivity index (χ3v) is 3.68. The Morgan fingerprint density at radius 2 is 2.00 bits per heavy atom. The Morgan fingerprint density at radius 3 is 2.72 bits per heavy atom. The van der Waals surface area contributed by atoms with Gasteiger partial charge in [0.2, 0.25) is 0 Å². The quantitative estimate of drug-likeness (QED) is 0.905. The second-order valence-electron chi connectivity index (χ2n) is 4.17. The first-order chi connectivity index (χ1) is 8.69. The zero-order valence-electron chi connectivity index (χ0n) is 10.5. The van der Waals surface area contributed by atoms with Crippen LogP contribution in [0.15, 0.2) is 46.9 Å². The molecule has 0 heterocycles. The van der Waals surface area contributed by atoms with Crippen LogP contribution in [0.1, 0.15) is 11.1 Å². The van der Waals surface area contributed by atoms with E-state index in [1.54, 1.807) is 7.11 Å². The van der Waals surface area contributed by atoms with Crippen molar-refractivity contribution in [1.29, 1.82) is 0 Å². The highest BCUT2D eigenvalue weighted by Crippen LogP contribution is 2.21. The molecule has 0 spiro atoms. The van der Waals surface area contributed by atoms with Crippen LogP contribution in [0.5, 0.6) is 5.75 Å². The molecule has 0 fully saturated rings. The van der Waals surface area contributed by atoms with Gasteiger partial charge in [0, 0.05) is 16.7 Å². The number of halogens is 1. The molecule has 2 nitrogen and oxygen atoms in total. The van der Waals surface area contributed by atoms with Gasteiger partial charge in [0.25, 0.3) is 0 Å². The SMILES string of the molecule is COc1cccc(CNc2ccc(Br)c(C)c2)c1. The minimum Gasteiger partial charge on any atom is -0.497 e. The van der Waals surface area contributed by atoms with Gasteiger partial charge in [-0.2, -0.15) is 0 Å². The predicted octanol–water partition coefficient (Wildman–Crippen LogP) is 4.38. The molecule has 0 saturated heterocycles. The van der Waals surface area contributed by atoms with Gasteiger partial charge >= 0.3 is 0 Å². The number of methoxy groups -OCH3 is 1. The Morgan fingerprint density at radius 1 is 1.17 bits per heavy atom. The van der Waals surface area contributed by atoms with Gasteiger partial charge in [0.05, 0.1) is 7.11 Å². The normalized spacial score (nSPS) is 10.2. The summed E-state index contributed by atoms with van der Waals surface area (Å²) in [6.45, 7) is 2.87. The molecular formula is C15H16BrNO. The molecule has 0 radical (unpaired) electrons. The van der Waals surface area contributed by atoms with Crippen molar-refractivity contribution in [2.45, 2.75) is 13.5 Å². The van der Waals surface area contributed by atoms with E-state index in [1.165, 1.54) is 11.1 Å². The van der Waals surface area contributed by atoms with Crippen molar-refractivity contribution in [3.63, 3.8) is 0 Å². The van der Waals surface area contributed by atoms with Gasteiger partial charge < -0.3 is 10.1 Å². The fourth-order valence-corrected chi connectivity index (χ4v) is 1.99. The molecule has 0 saturated carbocycles. The molecular weight excluding hydrogens is 290 g/mol. The lowest BCUT2D eigenvalue weighted by Gasteiger charge is -2.09. The summed E-state index contributed by atoms with van der Waals surface area (Å²) in [6.07, 6.45) is 0.